The Labute approximate surface area is 142 Å². The molecule has 2 fully saturated rings. The summed E-state index contributed by atoms with van der Waals surface area (Å²) in [5.41, 5.74) is 1.82. The van der Waals surface area contributed by atoms with E-state index < -0.39 is 0 Å². The normalized spacial score (nSPS) is 27.0. The van der Waals surface area contributed by atoms with Gasteiger partial charge in [-0.15, -0.1) is 0 Å². The highest BCUT2D eigenvalue weighted by Gasteiger charge is 2.51. The van der Waals surface area contributed by atoms with Gasteiger partial charge >= 0.3 is 0 Å². The number of para-hydroxylation sites is 1. The lowest BCUT2D eigenvalue weighted by molar-refractivity contribution is -0.143. The van der Waals surface area contributed by atoms with Crippen molar-refractivity contribution in [3.05, 3.63) is 66.2 Å². The van der Waals surface area contributed by atoms with Crippen LogP contribution in [0.1, 0.15) is 24.4 Å². The van der Waals surface area contributed by atoms with Crippen LogP contribution in [0.25, 0.3) is 0 Å². The lowest BCUT2D eigenvalue weighted by Gasteiger charge is -2.44. The first-order chi connectivity index (χ1) is 11.7. The number of nitrogens with zero attached hydrogens (tertiary/aromatic N) is 2. The molecule has 1 amide bonds. The molecule has 0 saturated carbocycles. The van der Waals surface area contributed by atoms with Gasteiger partial charge in [0.05, 0.1) is 23.8 Å². The minimum absolute atomic E-state index is 0.0396. The number of anilines is 1. The standard InChI is InChI=1S/C20H22N2O2/c1-21-13-12-20(19(21)23)14-18(16-8-4-2-5-9-16)22(24-15-20)17-10-6-3-7-11-17/h2-11,18H,12-15H2,1H3. The molecule has 2 atom stereocenters. The highest BCUT2D eigenvalue weighted by molar-refractivity contribution is 5.85. The zero-order valence-corrected chi connectivity index (χ0v) is 13.9. The molecule has 0 N–H and O–H groups in total. The SMILES string of the molecule is CN1CCC2(CON(c3ccccc3)C(c3ccccc3)C2)C1=O. The summed E-state index contributed by atoms with van der Waals surface area (Å²) in [6.07, 6.45) is 1.66. The maximum Gasteiger partial charge on any atom is 0.231 e. The zero-order valence-electron chi connectivity index (χ0n) is 13.9. The first-order valence-electron chi connectivity index (χ1n) is 8.47. The number of rotatable bonds is 2. The van der Waals surface area contributed by atoms with E-state index in [-0.39, 0.29) is 17.4 Å². The van der Waals surface area contributed by atoms with Crippen LogP contribution in [0.15, 0.2) is 60.7 Å². The summed E-state index contributed by atoms with van der Waals surface area (Å²) in [5.74, 6) is 0.219. The van der Waals surface area contributed by atoms with Gasteiger partial charge in [-0.05, 0) is 30.5 Å². The van der Waals surface area contributed by atoms with Gasteiger partial charge in [0.25, 0.3) is 0 Å². The maximum atomic E-state index is 12.7. The van der Waals surface area contributed by atoms with Gasteiger partial charge in [0.15, 0.2) is 0 Å². The highest BCUT2D eigenvalue weighted by Crippen LogP contribution is 2.47. The van der Waals surface area contributed by atoms with Crippen LogP contribution in [0.5, 0.6) is 0 Å². The van der Waals surface area contributed by atoms with Crippen LogP contribution >= 0.6 is 0 Å². The molecular weight excluding hydrogens is 300 g/mol. The molecule has 2 aliphatic rings. The van der Waals surface area contributed by atoms with Crippen molar-refractivity contribution in [1.82, 2.24) is 4.90 Å². The Morgan fingerprint density at radius 1 is 1.04 bits per heavy atom. The van der Waals surface area contributed by atoms with Crippen LogP contribution in [0.3, 0.4) is 0 Å². The summed E-state index contributed by atoms with van der Waals surface area (Å²) in [6, 6.07) is 20.5. The molecular formula is C20H22N2O2. The molecule has 4 rings (SSSR count). The number of hydrogen-bond donors (Lipinski definition) is 0. The number of carbonyl (C=O) groups is 1. The van der Waals surface area contributed by atoms with Crippen molar-refractivity contribution >= 4 is 11.6 Å². The van der Waals surface area contributed by atoms with E-state index in [1.807, 2.05) is 53.4 Å². The molecule has 2 aliphatic heterocycles. The van der Waals surface area contributed by atoms with E-state index in [4.69, 9.17) is 4.84 Å². The number of amides is 1. The van der Waals surface area contributed by atoms with E-state index in [0.717, 1.165) is 25.1 Å². The number of benzene rings is 2. The van der Waals surface area contributed by atoms with Gasteiger partial charge in [-0.3, -0.25) is 9.63 Å². The third-order valence-corrected chi connectivity index (χ3v) is 5.27. The van der Waals surface area contributed by atoms with Crippen LogP contribution in [0.4, 0.5) is 5.69 Å². The van der Waals surface area contributed by atoms with Gasteiger partial charge in [0, 0.05) is 13.6 Å². The van der Waals surface area contributed by atoms with Crippen molar-refractivity contribution in [2.45, 2.75) is 18.9 Å². The molecule has 4 heteroatoms. The van der Waals surface area contributed by atoms with Crippen molar-refractivity contribution in [3.63, 3.8) is 0 Å². The summed E-state index contributed by atoms with van der Waals surface area (Å²) < 4.78 is 0. The van der Waals surface area contributed by atoms with Crippen LogP contribution in [-0.4, -0.2) is 31.0 Å². The summed E-state index contributed by atoms with van der Waals surface area (Å²) in [5, 5.41) is 1.98. The highest BCUT2D eigenvalue weighted by atomic mass is 16.7. The van der Waals surface area contributed by atoms with Gasteiger partial charge in [-0.2, -0.15) is 0 Å². The fourth-order valence-electron chi connectivity index (χ4n) is 3.87. The second kappa shape index (κ2) is 5.95. The lowest BCUT2D eigenvalue weighted by atomic mass is 9.78. The van der Waals surface area contributed by atoms with Crippen LogP contribution < -0.4 is 5.06 Å². The molecule has 124 valence electrons. The number of hydroxylamine groups is 1. The molecule has 2 saturated heterocycles. The fraction of sp³-hybridized carbons (Fsp3) is 0.350. The van der Waals surface area contributed by atoms with Crippen LogP contribution in [0, 0.1) is 5.41 Å². The fourth-order valence-corrected chi connectivity index (χ4v) is 3.87. The molecule has 0 aliphatic carbocycles. The molecule has 1 spiro atoms. The molecule has 0 bridgehead atoms. The molecule has 2 aromatic carbocycles. The average molecular weight is 322 g/mol. The molecule has 2 unspecified atom stereocenters. The number of carbonyl (C=O) groups excluding carboxylic acids is 1. The average Bonchev–Trinajstić information content (AvgIpc) is 2.92. The van der Waals surface area contributed by atoms with Gasteiger partial charge < -0.3 is 4.90 Å². The van der Waals surface area contributed by atoms with Gasteiger partial charge in [0.1, 0.15) is 0 Å². The predicted molar refractivity (Wildman–Crippen MR) is 93.4 cm³/mol. The number of likely N-dealkylation sites (tertiary alicyclic amines) is 1. The Balaban J connectivity index is 1.71. The van der Waals surface area contributed by atoms with E-state index in [9.17, 15) is 4.79 Å². The quantitative estimate of drug-likeness (QED) is 0.849. The largest absolute Gasteiger partial charge is 0.345 e. The van der Waals surface area contributed by atoms with E-state index in [1.165, 1.54) is 5.56 Å². The topological polar surface area (TPSA) is 32.8 Å². The molecule has 0 aromatic heterocycles. The van der Waals surface area contributed by atoms with Crippen LogP contribution in [-0.2, 0) is 9.63 Å². The molecule has 2 aromatic rings. The smallest absolute Gasteiger partial charge is 0.231 e. The predicted octanol–water partition coefficient (Wildman–Crippen LogP) is 3.42. The summed E-state index contributed by atoms with van der Waals surface area (Å²) in [4.78, 5) is 20.7. The van der Waals surface area contributed by atoms with Crippen molar-refractivity contribution < 1.29 is 9.63 Å². The summed E-state index contributed by atoms with van der Waals surface area (Å²) in [6.45, 7) is 1.27. The zero-order chi connectivity index (χ0) is 16.6. The van der Waals surface area contributed by atoms with E-state index in [2.05, 4.69) is 24.3 Å². The van der Waals surface area contributed by atoms with E-state index in [0.29, 0.717) is 6.61 Å². The van der Waals surface area contributed by atoms with E-state index in [1.54, 1.807) is 0 Å². The van der Waals surface area contributed by atoms with E-state index >= 15 is 0 Å². The molecule has 2 heterocycles. The third-order valence-electron chi connectivity index (χ3n) is 5.27. The van der Waals surface area contributed by atoms with Gasteiger partial charge in [-0.25, -0.2) is 5.06 Å². The Bertz CT molecular complexity index is 719. The first-order valence-corrected chi connectivity index (χ1v) is 8.47. The van der Waals surface area contributed by atoms with Crippen molar-refractivity contribution in [3.8, 4) is 0 Å². The second-order valence-electron chi connectivity index (χ2n) is 6.82. The minimum Gasteiger partial charge on any atom is -0.345 e. The van der Waals surface area contributed by atoms with Gasteiger partial charge in [-0.1, -0.05) is 48.5 Å². The Morgan fingerprint density at radius 3 is 2.33 bits per heavy atom. The van der Waals surface area contributed by atoms with Gasteiger partial charge in [0.2, 0.25) is 5.91 Å². The summed E-state index contributed by atoms with van der Waals surface area (Å²) in [7, 11) is 1.89. The first kappa shape index (κ1) is 15.2. The number of hydrogen-bond acceptors (Lipinski definition) is 3. The second-order valence-corrected chi connectivity index (χ2v) is 6.82. The van der Waals surface area contributed by atoms with Crippen molar-refractivity contribution in [2.24, 2.45) is 5.41 Å². The Morgan fingerprint density at radius 2 is 1.71 bits per heavy atom. The van der Waals surface area contributed by atoms with Crippen LogP contribution in [0.2, 0.25) is 0 Å². The molecule has 4 nitrogen and oxygen atoms in total. The molecule has 0 radical (unpaired) electrons. The van der Waals surface area contributed by atoms with Crippen molar-refractivity contribution in [2.75, 3.05) is 25.3 Å². The Kier molecular flexibility index (Phi) is 3.77. The molecule has 24 heavy (non-hydrogen) atoms. The Hall–Kier alpha value is -2.33. The van der Waals surface area contributed by atoms with Crippen molar-refractivity contribution in [1.29, 1.82) is 0 Å². The lowest BCUT2D eigenvalue weighted by Crippen LogP contribution is -2.48. The third kappa shape index (κ3) is 2.47. The minimum atomic E-state index is -0.388. The maximum absolute atomic E-state index is 12.7. The monoisotopic (exact) mass is 322 g/mol. The summed E-state index contributed by atoms with van der Waals surface area (Å²) >= 11 is 0.